The molecule has 282 valence electrons. The van der Waals surface area contributed by atoms with E-state index in [-0.39, 0.29) is 35.6 Å². The normalized spacial score (nSPS) is 27.5. The Labute approximate surface area is 298 Å². The maximum absolute atomic E-state index is 15.0. The van der Waals surface area contributed by atoms with Gasteiger partial charge in [0.15, 0.2) is 0 Å². The first-order valence-corrected chi connectivity index (χ1v) is 20.5. The molecule has 5 aliphatic rings. The van der Waals surface area contributed by atoms with Gasteiger partial charge in [-0.1, -0.05) is 66.2 Å². The summed E-state index contributed by atoms with van der Waals surface area (Å²) in [5, 5.41) is 8.91. The third-order valence-electron chi connectivity index (χ3n) is 13.1. The maximum Gasteiger partial charge on any atom is 0.315 e. The molecule has 5 amide bonds. The number of carbonyl (C=O) groups is 5. The number of sulfonamides is 1. The Hall–Kier alpha value is -2.74. The number of urea groups is 1. The number of amides is 5. The molecule has 4 aliphatic carbocycles. The van der Waals surface area contributed by atoms with E-state index in [4.69, 9.17) is 5.73 Å². The van der Waals surface area contributed by atoms with Crippen LogP contribution in [0.3, 0.4) is 0 Å². The van der Waals surface area contributed by atoms with Crippen LogP contribution in [0.15, 0.2) is 0 Å². The highest BCUT2D eigenvalue weighted by atomic mass is 32.2. The number of nitrogens with two attached hydrogens (primary N) is 1. The number of Topliss-reactive ketones (excluding diaryl/α,β-unsaturated/α-hetero) is 1. The zero-order chi connectivity index (χ0) is 36.8. The summed E-state index contributed by atoms with van der Waals surface area (Å²) in [7, 11) is -2.03. The van der Waals surface area contributed by atoms with Crippen LogP contribution in [-0.2, 0) is 29.2 Å². The number of hydrogen-bond donors (Lipinski definition) is 4. The number of primary amides is 1. The summed E-state index contributed by atoms with van der Waals surface area (Å²) >= 11 is 0. The Bertz CT molecular complexity index is 1450. The van der Waals surface area contributed by atoms with Crippen molar-refractivity contribution >= 4 is 39.6 Å². The zero-order valence-electron chi connectivity index (χ0n) is 30.9. The largest absolute Gasteiger partial charge is 0.363 e. The van der Waals surface area contributed by atoms with Crippen LogP contribution in [0.25, 0.3) is 0 Å². The van der Waals surface area contributed by atoms with Crippen molar-refractivity contribution in [2.75, 3.05) is 26.4 Å². The molecule has 14 heteroatoms. The van der Waals surface area contributed by atoms with Gasteiger partial charge in [-0.3, -0.25) is 19.2 Å². The van der Waals surface area contributed by atoms with Crippen molar-refractivity contribution in [3.63, 3.8) is 0 Å². The number of likely N-dealkylation sites (N-methyl/N-ethyl adjacent to an activating group) is 1. The zero-order valence-corrected chi connectivity index (χ0v) is 31.7. The standard InChI is InChI=1S/C36H60N6O7S/c1-34(2,3)26(21-41(5)50(6,48)49)39-33(47)40-29(35(4)14-8-7-9-15-35)32(46)42-20-24-23(13-16-36(24)17-18-36)27(42)31(45)38-25(28(43)30(37)44)19-22-11-10-12-22/h22-27,29H,7-21H2,1-6H3,(H2,37,44)(H,38,45)(H2,39,40,47)/t23-,24-,25?,26+,27-,29+/m0/s1. The van der Waals surface area contributed by atoms with Crippen molar-refractivity contribution in [3.05, 3.63) is 0 Å². The Morgan fingerprint density at radius 3 is 2.08 bits per heavy atom. The monoisotopic (exact) mass is 720 g/mol. The fourth-order valence-electron chi connectivity index (χ4n) is 9.23. The lowest BCUT2D eigenvalue weighted by atomic mass is 9.70. The Morgan fingerprint density at radius 1 is 0.920 bits per heavy atom. The van der Waals surface area contributed by atoms with Gasteiger partial charge in [0.1, 0.15) is 12.1 Å². The number of likely N-dealkylation sites (tertiary alicyclic amines) is 1. The smallest absolute Gasteiger partial charge is 0.315 e. The lowest BCUT2D eigenvalue weighted by Gasteiger charge is -2.43. The second-order valence-corrected chi connectivity index (χ2v) is 19.7. The Kier molecular flexibility index (Phi) is 11.0. The number of rotatable bonds is 13. The van der Waals surface area contributed by atoms with Crippen molar-refractivity contribution in [2.45, 2.75) is 135 Å². The second kappa shape index (κ2) is 14.4. The first-order chi connectivity index (χ1) is 23.3. The van der Waals surface area contributed by atoms with Crippen LogP contribution in [0, 0.1) is 34.0 Å². The van der Waals surface area contributed by atoms with Crippen LogP contribution in [0.2, 0.25) is 0 Å². The highest BCUT2D eigenvalue weighted by Gasteiger charge is 2.64. The molecule has 1 saturated heterocycles. The predicted molar refractivity (Wildman–Crippen MR) is 189 cm³/mol. The van der Waals surface area contributed by atoms with Crippen LogP contribution in [0.4, 0.5) is 4.79 Å². The van der Waals surface area contributed by atoms with E-state index < -0.39 is 68.6 Å². The van der Waals surface area contributed by atoms with E-state index in [2.05, 4.69) is 16.0 Å². The molecule has 0 bridgehead atoms. The van der Waals surface area contributed by atoms with Gasteiger partial charge in [0, 0.05) is 26.2 Å². The molecule has 1 spiro atoms. The minimum atomic E-state index is -3.50. The van der Waals surface area contributed by atoms with Gasteiger partial charge in [0.2, 0.25) is 27.6 Å². The topological polar surface area (TPSA) is 188 Å². The molecule has 13 nitrogen and oxygen atoms in total. The lowest BCUT2D eigenvalue weighted by Crippen LogP contribution is -2.63. The van der Waals surface area contributed by atoms with Gasteiger partial charge in [-0.25, -0.2) is 17.5 Å². The van der Waals surface area contributed by atoms with Crippen molar-refractivity contribution in [2.24, 2.45) is 39.7 Å². The Balaban J connectivity index is 1.42. The first-order valence-electron chi connectivity index (χ1n) is 18.7. The highest BCUT2D eigenvalue weighted by molar-refractivity contribution is 7.88. The molecule has 5 N–H and O–H groups in total. The maximum atomic E-state index is 15.0. The van der Waals surface area contributed by atoms with E-state index in [9.17, 15) is 32.4 Å². The SMILES string of the molecule is CN(C[C@@H](NC(=O)N[C@H](C(=O)N1C[C@H]2[C@H](CCC23CC3)[C@H]1C(=O)NC(CC1CCC1)C(=O)C(N)=O)C1(C)CCCCC1)C(C)(C)C)S(C)(=O)=O. The van der Waals surface area contributed by atoms with Gasteiger partial charge >= 0.3 is 6.03 Å². The summed E-state index contributed by atoms with van der Waals surface area (Å²) < 4.78 is 25.7. The molecular weight excluding hydrogens is 660 g/mol. The third kappa shape index (κ3) is 8.16. The molecule has 1 heterocycles. The average molecular weight is 721 g/mol. The second-order valence-electron chi connectivity index (χ2n) is 17.7. The van der Waals surface area contributed by atoms with E-state index in [1.807, 2.05) is 27.7 Å². The van der Waals surface area contributed by atoms with Gasteiger partial charge < -0.3 is 26.6 Å². The summed E-state index contributed by atoms with van der Waals surface area (Å²) in [5.74, 6) is -2.36. The highest BCUT2D eigenvalue weighted by Crippen LogP contribution is 2.66. The summed E-state index contributed by atoms with van der Waals surface area (Å²) in [6.07, 6.45) is 12.6. The summed E-state index contributed by atoms with van der Waals surface area (Å²) in [5.41, 5.74) is 4.46. The van der Waals surface area contributed by atoms with Crippen LogP contribution >= 0.6 is 0 Å². The van der Waals surface area contributed by atoms with Crippen molar-refractivity contribution in [1.82, 2.24) is 25.2 Å². The third-order valence-corrected chi connectivity index (χ3v) is 14.4. The van der Waals surface area contributed by atoms with Gasteiger partial charge in [0.05, 0.1) is 12.3 Å². The molecule has 1 aliphatic heterocycles. The molecule has 4 saturated carbocycles. The minimum Gasteiger partial charge on any atom is -0.363 e. The van der Waals surface area contributed by atoms with Crippen LogP contribution in [0.5, 0.6) is 0 Å². The van der Waals surface area contributed by atoms with Crippen molar-refractivity contribution in [3.8, 4) is 0 Å². The molecular formula is C36H60N6O7S. The van der Waals surface area contributed by atoms with Crippen molar-refractivity contribution < 1.29 is 32.4 Å². The minimum absolute atomic E-state index is 0.0531. The van der Waals surface area contributed by atoms with Crippen LogP contribution in [0.1, 0.15) is 111 Å². The van der Waals surface area contributed by atoms with E-state index in [0.29, 0.717) is 13.0 Å². The number of nitrogens with one attached hydrogen (secondary N) is 3. The van der Waals surface area contributed by atoms with Crippen molar-refractivity contribution in [1.29, 1.82) is 0 Å². The number of nitrogens with zero attached hydrogens (tertiary/aromatic N) is 2. The molecule has 0 aromatic rings. The molecule has 1 unspecified atom stereocenters. The van der Waals surface area contributed by atoms with E-state index >= 15 is 0 Å². The molecule has 0 radical (unpaired) electrons. The van der Waals surface area contributed by atoms with E-state index in [0.717, 1.165) is 83.3 Å². The van der Waals surface area contributed by atoms with Gasteiger partial charge in [-0.15, -0.1) is 0 Å². The summed E-state index contributed by atoms with van der Waals surface area (Å²) in [6.45, 7) is 8.23. The molecule has 5 fully saturated rings. The fourth-order valence-corrected chi connectivity index (χ4v) is 9.65. The summed E-state index contributed by atoms with van der Waals surface area (Å²) in [4.78, 5) is 69.8. The number of carbonyl (C=O) groups excluding carboxylic acids is 5. The Morgan fingerprint density at radius 2 is 1.56 bits per heavy atom. The lowest BCUT2D eigenvalue weighted by molar-refractivity contribution is -0.145. The van der Waals surface area contributed by atoms with Gasteiger partial charge in [-0.2, -0.15) is 0 Å². The first kappa shape index (κ1) is 38.5. The van der Waals surface area contributed by atoms with Crippen LogP contribution in [-0.4, -0.2) is 97.7 Å². The quantitative estimate of drug-likeness (QED) is 0.211. The van der Waals surface area contributed by atoms with E-state index in [1.54, 1.807) is 4.90 Å². The summed E-state index contributed by atoms with van der Waals surface area (Å²) in [6, 6.07) is -3.93. The van der Waals surface area contributed by atoms with Crippen LogP contribution < -0.4 is 21.7 Å². The molecule has 0 aromatic carbocycles. The molecule has 5 rings (SSSR count). The molecule has 50 heavy (non-hydrogen) atoms. The number of ketones is 1. The number of hydrogen-bond acceptors (Lipinski definition) is 7. The van der Waals surface area contributed by atoms with Gasteiger partial charge in [-0.05, 0) is 78.9 Å². The molecule has 0 aromatic heterocycles. The van der Waals surface area contributed by atoms with E-state index in [1.165, 1.54) is 11.4 Å². The predicted octanol–water partition coefficient (Wildman–Crippen LogP) is 2.68. The fraction of sp³-hybridized carbons (Fsp3) is 0.861. The average Bonchev–Trinajstić information content (AvgIpc) is 3.57. The number of fused-ring (bicyclic) bond motifs is 2. The van der Waals surface area contributed by atoms with Gasteiger partial charge in [0.25, 0.3) is 5.91 Å². The molecule has 6 atom stereocenters.